The highest BCUT2D eigenvalue weighted by atomic mass is 16.1. The van der Waals surface area contributed by atoms with Crippen molar-refractivity contribution in [3.63, 3.8) is 0 Å². The number of nitrogens with one attached hydrogen (secondary N) is 1. The molecule has 0 bridgehead atoms. The van der Waals surface area contributed by atoms with Gasteiger partial charge in [-0.05, 0) is 49.4 Å². The summed E-state index contributed by atoms with van der Waals surface area (Å²) < 4.78 is 0. The molecule has 1 aliphatic heterocycles. The first-order valence-electron chi connectivity index (χ1n) is 7.50. The van der Waals surface area contributed by atoms with Gasteiger partial charge in [0.25, 0.3) is 0 Å². The van der Waals surface area contributed by atoms with Crippen molar-refractivity contribution < 1.29 is 4.79 Å². The number of amides is 1. The highest BCUT2D eigenvalue weighted by Crippen LogP contribution is 2.29. The van der Waals surface area contributed by atoms with Gasteiger partial charge in [-0.3, -0.25) is 9.69 Å². The van der Waals surface area contributed by atoms with E-state index in [2.05, 4.69) is 10.2 Å². The predicted octanol–water partition coefficient (Wildman–Crippen LogP) is 1.42. The molecule has 1 unspecified atom stereocenters. The van der Waals surface area contributed by atoms with Crippen molar-refractivity contribution in [2.75, 3.05) is 13.1 Å². The molecule has 2 aliphatic rings. The summed E-state index contributed by atoms with van der Waals surface area (Å²) in [5.74, 6) is -0.358. The normalized spacial score (nSPS) is 23.1. The third kappa shape index (κ3) is 3.02. The second-order valence-corrected chi connectivity index (χ2v) is 6.10. The molecule has 1 saturated heterocycles. The van der Waals surface area contributed by atoms with E-state index < -0.39 is 0 Å². The van der Waals surface area contributed by atoms with Crippen molar-refractivity contribution in [1.29, 1.82) is 0 Å². The number of likely N-dealkylation sites (tertiary alicyclic amines) is 1. The summed E-state index contributed by atoms with van der Waals surface area (Å²) in [4.78, 5) is 13.8. The number of hydrogen-bond donors (Lipinski definition) is 2. The molecule has 2 fully saturated rings. The third-order valence-electron chi connectivity index (χ3n) is 4.49. The van der Waals surface area contributed by atoms with Crippen LogP contribution in [0.25, 0.3) is 0 Å². The van der Waals surface area contributed by atoms with E-state index in [0.29, 0.717) is 11.6 Å². The molecule has 1 aliphatic carbocycles. The van der Waals surface area contributed by atoms with Crippen LogP contribution in [0, 0.1) is 6.92 Å². The Kier molecular flexibility index (Phi) is 3.76. The molecule has 1 amide bonds. The monoisotopic (exact) mass is 273 g/mol. The lowest BCUT2D eigenvalue weighted by atomic mass is 10.0. The van der Waals surface area contributed by atoms with Crippen LogP contribution < -0.4 is 11.1 Å². The number of carbonyl (C=O) groups excluding carboxylic acids is 1. The summed E-state index contributed by atoms with van der Waals surface area (Å²) >= 11 is 0. The fourth-order valence-corrected chi connectivity index (χ4v) is 3.03. The number of aryl methyl sites for hydroxylation is 1. The van der Waals surface area contributed by atoms with Crippen molar-refractivity contribution in [3.05, 3.63) is 34.9 Å². The van der Waals surface area contributed by atoms with Gasteiger partial charge in [0.1, 0.15) is 0 Å². The highest BCUT2D eigenvalue weighted by Gasteiger charge is 2.34. The van der Waals surface area contributed by atoms with E-state index in [9.17, 15) is 4.79 Å². The van der Waals surface area contributed by atoms with Crippen LogP contribution in [0.4, 0.5) is 0 Å². The fraction of sp³-hybridized carbons (Fsp3) is 0.562. The topological polar surface area (TPSA) is 58.4 Å². The molecule has 1 aromatic rings. The van der Waals surface area contributed by atoms with Crippen LogP contribution in [-0.4, -0.2) is 36.0 Å². The third-order valence-corrected chi connectivity index (χ3v) is 4.49. The number of nitrogens with two attached hydrogens (primary N) is 1. The first kappa shape index (κ1) is 13.6. The standard InChI is InChI=1S/C16H23N3O/c1-11-8-12(16(17)20)2-3-13(11)9-18-14-6-7-19(10-14)15-4-5-15/h2-3,8,14-15,18H,4-7,9-10H2,1H3,(H2,17,20). The number of carbonyl (C=O) groups is 1. The Morgan fingerprint density at radius 1 is 1.40 bits per heavy atom. The summed E-state index contributed by atoms with van der Waals surface area (Å²) in [6.45, 7) is 5.33. The van der Waals surface area contributed by atoms with Crippen LogP contribution >= 0.6 is 0 Å². The van der Waals surface area contributed by atoms with Gasteiger partial charge in [0.15, 0.2) is 0 Å². The fourth-order valence-electron chi connectivity index (χ4n) is 3.03. The Balaban J connectivity index is 1.54. The predicted molar refractivity (Wildman–Crippen MR) is 79.5 cm³/mol. The van der Waals surface area contributed by atoms with Crippen LogP contribution in [-0.2, 0) is 6.54 Å². The summed E-state index contributed by atoms with van der Waals surface area (Å²) in [7, 11) is 0. The minimum Gasteiger partial charge on any atom is -0.366 e. The van der Waals surface area contributed by atoms with Gasteiger partial charge in [-0.1, -0.05) is 6.07 Å². The molecule has 4 heteroatoms. The molecule has 0 radical (unpaired) electrons. The average Bonchev–Trinajstić information content (AvgIpc) is 3.17. The first-order valence-corrected chi connectivity index (χ1v) is 7.50. The van der Waals surface area contributed by atoms with Crippen molar-refractivity contribution >= 4 is 5.91 Å². The lowest BCUT2D eigenvalue weighted by Crippen LogP contribution is -2.33. The maximum atomic E-state index is 11.1. The summed E-state index contributed by atoms with van der Waals surface area (Å²) in [5.41, 5.74) is 8.27. The minimum absolute atomic E-state index is 0.358. The lowest BCUT2D eigenvalue weighted by Gasteiger charge is -2.16. The van der Waals surface area contributed by atoms with E-state index in [-0.39, 0.29) is 5.91 Å². The number of hydrogen-bond acceptors (Lipinski definition) is 3. The Morgan fingerprint density at radius 3 is 2.85 bits per heavy atom. The second-order valence-electron chi connectivity index (χ2n) is 6.10. The van der Waals surface area contributed by atoms with E-state index in [1.807, 2.05) is 25.1 Å². The zero-order valence-electron chi connectivity index (χ0n) is 12.1. The molecule has 3 N–H and O–H groups in total. The van der Waals surface area contributed by atoms with E-state index in [1.54, 1.807) is 0 Å². The van der Waals surface area contributed by atoms with Gasteiger partial charge >= 0.3 is 0 Å². The van der Waals surface area contributed by atoms with Gasteiger partial charge in [0, 0.05) is 37.3 Å². The lowest BCUT2D eigenvalue weighted by molar-refractivity contribution is 0.1000. The summed E-state index contributed by atoms with van der Waals surface area (Å²) in [6, 6.07) is 7.18. The summed E-state index contributed by atoms with van der Waals surface area (Å²) in [5, 5.41) is 3.64. The van der Waals surface area contributed by atoms with E-state index in [4.69, 9.17) is 5.73 Å². The number of benzene rings is 1. The molecule has 4 nitrogen and oxygen atoms in total. The molecular weight excluding hydrogens is 250 g/mol. The van der Waals surface area contributed by atoms with E-state index in [0.717, 1.165) is 18.2 Å². The van der Waals surface area contributed by atoms with Crippen LogP contribution in [0.3, 0.4) is 0 Å². The van der Waals surface area contributed by atoms with Crippen LogP contribution in [0.15, 0.2) is 18.2 Å². The smallest absolute Gasteiger partial charge is 0.248 e. The number of rotatable bonds is 5. The molecule has 0 spiro atoms. The molecule has 1 atom stereocenters. The quantitative estimate of drug-likeness (QED) is 0.853. The molecular formula is C16H23N3O. The van der Waals surface area contributed by atoms with Gasteiger partial charge in [0.05, 0.1) is 0 Å². The van der Waals surface area contributed by atoms with Crippen LogP contribution in [0.2, 0.25) is 0 Å². The first-order chi connectivity index (χ1) is 9.63. The molecule has 108 valence electrons. The van der Waals surface area contributed by atoms with E-state index >= 15 is 0 Å². The minimum atomic E-state index is -0.358. The Morgan fingerprint density at radius 2 is 2.20 bits per heavy atom. The maximum Gasteiger partial charge on any atom is 0.248 e. The molecule has 3 rings (SSSR count). The Labute approximate surface area is 120 Å². The molecule has 1 saturated carbocycles. The van der Waals surface area contributed by atoms with Crippen molar-refractivity contribution in [3.8, 4) is 0 Å². The molecule has 20 heavy (non-hydrogen) atoms. The average molecular weight is 273 g/mol. The molecule has 1 aromatic carbocycles. The number of primary amides is 1. The maximum absolute atomic E-state index is 11.1. The number of nitrogens with zero attached hydrogens (tertiary/aromatic N) is 1. The van der Waals surface area contributed by atoms with Gasteiger partial charge in [0.2, 0.25) is 5.91 Å². The SMILES string of the molecule is Cc1cc(C(N)=O)ccc1CNC1CCN(C2CC2)C1. The van der Waals surface area contributed by atoms with Crippen molar-refractivity contribution in [1.82, 2.24) is 10.2 Å². The van der Waals surface area contributed by atoms with Crippen molar-refractivity contribution in [2.24, 2.45) is 5.73 Å². The van der Waals surface area contributed by atoms with Crippen molar-refractivity contribution in [2.45, 2.75) is 44.8 Å². The summed E-state index contributed by atoms with van der Waals surface area (Å²) in [6.07, 6.45) is 4.02. The second kappa shape index (κ2) is 5.54. The highest BCUT2D eigenvalue weighted by molar-refractivity contribution is 5.93. The Bertz CT molecular complexity index is 510. The molecule has 1 heterocycles. The van der Waals surface area contributed by atoms with E-state index in [1.165, 1.54) is 37.9 Å². The van der Waals surface area contributed by atoms with Gasteiger partial charge < -0.3 is 11.1 Å². The zero-order valence-corrected chi connectivity index (χ0v) is 12.1. The van der Waals surface area contributed by atoms with Gasteiger partial charge in [-0.25, -0.2) is 0 Å². The van der Waals surface area contributed by atoms with Gasteiger partial charge in [-0.2, -0.15) is 0 Å². The van der Waals surface area contributed by atoms with Crippen LogP contribution in [0.1, 0.15) is 40.7 Å². The zero-order chi connectivity index (χ0) is 14.1. The molecule has 0 aromatic heterocycles. The Hall–Kier alpha value is -1.39. The van der Waals surface area contributed by atoms with Gasteiger partial charge in [-0.15, -0.1) is 0 Å². The largest absolute Gasteiger partial charge is 0.366 e. The van der Waals surface area contributed by atoms with Crippen LogP contribution in [0.5, 0.6) is 0 Å².